The summed E-state index contributed by atoms with van der Waals surface area (Å²) < 4.78 is 39.6. The third-order valence-electron chi connectivity index (χ3n) is 2.16. The minimum Gasteiger partial charge on any atom is -0.399 e. The van der Waals surface area contributed by atoms with E-state index in [0.717, 1.165) is 12.1 Å². The monoisotopic (exact) mass is 295 g/mol. The molecule has 1 aromatic carbocycles. The Kier molecular flexibility index (Phi) is 4.92. The molecule has 0 heterocycles. The Morgan fingerprint density at radius 1 is 1.44 bits per heavy atom. The lowest BCUT2D eigenvalue weighted by Crippen LogP contribution is -2.32. The first-order chi connectivity index (χ1) is 8.24. The minimum absolute atomic E-state index is 0.0920. The third-order valence-corrected chi connectivity index (χ3v) is 3.89. The van der Waals surface area contributed by atoms with E-state index in [4.69, 9.17) is 17.3 Å². The Morgan fingerprint density at radius 2 is 2.06 bits per heavy atom. The first-order valence-corrected chi connectivity index (χ1v) is 6.99. The zero-order valence-corrected chi connectivity index (χ0v) is 11.6. The Bertz CT molecular complexity index is 534. The van der Waals surface area contributed by atoms with Crippen LogP contribution in [0.3, 0.4) is 0 Å². The lowest BCUT2D eigenvalue weighted by molar-refractivity contribution is 0.412. The first-order valence-electron chi connectivity index (χ1n) is 5.13. The number of sulfonamides is 1. The molecule has 0 unspecified atom stereocenters. The second kappa shape index (κ2) is 5.83. The lowest BCUT2D eigenvalue weighted by Gasteiger charge is -2.12. The summed E-state index contributed by atoms with van der Waals surface area (Å²) in [7, 11) is -0.352. The Balaban J connectivity index is 2.98. The van der Waals surface area contributed by atoms with Crippen molar-refractivity contribution >= 4 is 27.3 Å². The predicted octanol–water partition coefficient (Wildman–Crippen LogP) is 0.901. The van der Waals surface area contributed by atoms with Gasteiger partial charge < -0.3 is 10.6 Å². The van der Waals surface area contributed by atoms with E-state index in [1.54, 1.807) is 19.0 Å². The molecule has 0 aliphatic carbocycles. The average Bonchev–Trinajstić information content (AvgIpc) is 2.22. The average molecular weight is 296 g/mol. The molecule has 0 saturated heterocycles. The molecule has 0 saturated carbocycles. The molecule has 18 heavy (non-hydrogen) atoms. The predicted molar refractivity (Wildman–Crippen MR) is 69.6 cm³/mol. The summed E-state index contributed by atoms with van der Waals surface area (Å²) in [5, 5.41) is -0.317. The number of likely N-dealkylation sites (N-methyl/N-ethyl adjacent to an activating group) is 1. The molecule has 1 rings (SSSR count). The molecule has 0 fully saturated rings. The summed E-state index contributed by atoms with van der Waals surface area (Å²) in [6.07, 6.45) is 0. The van der Waals surface area contributed by atoms with Crippen LogP contribution < -0.4 is 10.5 Å². The largest absolute Gasteiger partial charge is 0.399 e. The number of benzene rings is 1. The molecule has 0 spiro atoms. The van der Waals surface area contributed by atoms with Gasteiger partial charge in [0.25, 0.3) is 0 Å². The maximum atomic E-state index is 13.6. The molecule has 0 radical (unpaired) electrons. The number of rotatable bonds is 5. The first kappa shape index (κ1) is 15.2. The fraction of sp³-hybridized carbons (Fsp3) is 0.400. The Morgan fingerprint density at radius 3 is 2.61 bits per heavy atom. The molecule has 0 bridgehead atoms. The number of nitrogen functional groups attached to an aromatic ring is 1. The fourth-order valence-corrected chi connectivity index (χ4v) is 2.70. The van der Waals surface area contributed by atoms with Gasteiger partial charge in [0.2, 0.25) is 10.0 Å². The minimum atomic E-state index is -3.95. The van der Waals surface area contributed by atoms with Crippen molar-refractivity contribution in [3.05, 3.63) is 23.0 Å². The molecule has 0 amide bonds. The fourth-order valence-electron chi connectivity index (χ4n) is 1.26. The zero-order chi connectivity index (χ0) is 13.9. The van der Waals surface area contributed by atoms with Crippen LogP contribution in [0.4, 0.5) is 10.1 Å². The number of hydrogen-bond donors (Lipinski definition) is 2. The third kappa shape index (κ3) is 3.81. The van der Waals surface area contributed by atoms with E-state index in [-0.39, 0.29) is 17.3 Å². The van der Waals surface area contributed by atoms with E-state index in [1.165, 1.54) is 0 Å². The van der Waals surface area contributed by atoms with E-state index in [9.17, 15) is 12.8 Å². The summed E-state index contributed by atoms with van der Waals surface area (Å²) in [4.78, 5) is 1.26. The molecule has 0 aliphatic heterocycles. The van der Waals surface area contributed by atoms with Crippen LogP contribution in [0.25, 0.3) is 0 Å². The van der Waals surface area contributed by atoms with Crippen molar-refractivity contribution in [2.24, 2.45) is 0 Å². The number of nitrogens with two attached hydrogens (primary N) is 1. The second-order valence-electron chi connectivity index (χ2n) is 4.02. The summed E-state index contributed by atoms with van der Waals surface area (Å²) in [5.74, 6) is -0.997. The summed E-state index contributed by atoms with van der Waals surface area (Å²) in [6.45, 7) is 0.665. The van der Waals surface area contributed by atoms with Crippen LogP contribution in [0.1, 0.15) is 0 Å². The van der Waals surface area contributed by atoms with Crippen LogP contribution in [0, 0.1) is 5.82 Å². The summed E-state index contributed by atoms with van der Waals surface area (Å²) in [6, 6.07) is 2.20. The van der Waals surface area contributed by atoms with Gasteiger partial charge in [-0.15, -0.1) is 0 Å². The van der Waals surface area contributed by atoms with Crippen molar-refractivity contribution < 1.29 is 12.8 Å². The van der Waals surface area contributed by atoms with Crippen LogP contribution in [0.15, 0.2) is 17.0 Å². The van der Waals surface area contributed by atoms with Crippen molar-refractivity contribution in [1.29, 1.82) is 0 Å². The van der Waals surface area contributed by atoms with Crippen LogP contribution in [0.5, 0.6) is 0 Å². The number of nitrogens with one attached hydrogen (secondary N) is 1. The van der Waals surface area contributed by atoms with Crippen LogP contribution in [-0.4, -0.2) is 40.5 Å². The van der Waals surface area contributed by atoms with Gasteiger partial charge in [0, 0.05) is 18.8 Å². The summed E-state index contributed by atoms with van der Waals surface area (Å²) in [5.41, 5.74) is 5.54. The molecular weight excluding hydrogens is 281 g/mol. The number of hydrogen-bond acceptors (Lipinski definition) is 4. The highest BCUT2D eigenvalue weighted by atomic mass is 35.5. The zero-order valence-electron chi connectivity index (χ0n) is 10.1. The van der Waals surface area contributed by atoms with Gasteiger partial charge in [0.15, 0.2) is 5.82 Å². The molecule has 0 aromatic heterocycles. The maximum absolute atomic E-state index is 13.6. The lowest BCUT2D eigenvalue weighted by atomic mass is 10.3. The van der Waals surface area contributed by atoms with E-state index in [2.05, 4.69) is 4.72 Å². The molecular formula is C10H15ClFN3O2S. The molecule has 3 N–H and O–H groups in total. The van der Waals surface area contributed by atoms with E-state index >= 15 is 0 Å². The topological polar surface area (TPSA) is 75.4 Å². The molecule has 5 nitrogen and oxygen atoms in total. The standard InChI is InChI=1S/C10H15ClFN3O2S/c1-15(2)4-3-14-18(16,17)9-6-7(13)5-8(11)10(9)12/h5-6,14H,3-4,13H2,1-2H3. The molecule has 1 aromatic rings. The molecule has 0 atom stereocenters. The van der Waals surface area contributed by atoms with E-state index < -0.39 is 20.7 Å². The molecule has 0 aliphatic rings. The number of halogens is 2. The van der Waals surface area contributed by atoms with Gasteiger partial charge in [-0.25, -0.2) is 17.5 Å². The van der Waals surface area contributed by atoms with Crippen molar-refractivity contribution in [3.63, 3.8) is 0 Å². The number of nitrogens with zero attached hydrogens (tertiary/aromatic N) is 1. The maximum Gasteiger partial charge on any atom is 0.243 e. The number of anilines is 1. The summed E-state index contributed by atoms with van der Waals surface area (Å²) >= 11 is 5.55. The van der Waals surface area contributed by atoms with Crippen LogP contribution in [-0.2, 0) is 10.0 Å². The van der Waals surface area contributed by atoms with Crippen LogP contribution >= 0.6 is 11.6 Å². The van der Waals surface area contributed by atoms with Gasteiger partial charge in [0.05, 0.1) is 5.02 Å². The highest BCUT2D eigenvalue weighted by molar-refractivity contribution is 7.89. The van der Waals surface area contributed by atoms with Gasteiger partial charge in [-0.1, -0.05) is 11.6 Å². The van der Waals surface area contributed by atoms with Gasteiger partial charge in [-0.2, -0.15) is 0 Å². The van der Waals surface area contributed by atoms with Gasteiger partial charge in [0.1, 0.15) is 4.90 Å². The normalized spacial score (nSPS) is 12.1. The van der Waals surface area contributed by atoms with Crippen molar-refractivity contribution in [1.82, 2.24) is 9.62 Å². The van der Waals surface area contributed by atoms with Crippen LogP contribution in [0.2, 0.25) is 5.02 Å². The Labute approximate surface area is 111 Å². The highest BCUT2D eigenvalue weighted by Gasteiger charge is 2.21. The molecule has 8 heteroatoms. The van der Waals surface area contributed by atoms with Crippen molar-refractivity contribution in [3.8, 4) is 0 Å². The quantitative estimate of drug-likeness (QED) is 0.792. The second-order valence-corrected chi connectivity index (χ2v) is 6.16. The van der Waals surface area contributed by atoms with Crippen molar-refractivity contribution in [2.75, 3.05) is 32.9 Å². The van der Waals surface area contributed by atoms with Gasteiger partial charge >= 0.3 is 0 Å². The Hall–Kier alpha value is -0.890. The highest BCUT2D eigenvalue weighted by Crippen LogP contribution is 2.25. The molecule has 102 valence electrons. The van der Waals surface area contributed by atoms with E-state index in [0.29, 0.717) is 6.54 Å². The van der Waals surface area contributed by atoms with Crippen molar-refractivity contribution in [2.45, 2.75) is 4.90 Å². The SMILES string of the molecule is CN(C)CCNS(=O)(=O)c1cc(N)cc(Cl)c1F. The van der Waals surface area contributed by atoms with E-state index in [1.807, 2.05) is 0 Å². The smallest absolute Gasteiger partial charge is 0.243 e. The van der Waals surface area contributed by atoms with Gasteiger partial charge in [-0.3, -0.25) is 0 Å². The van der Waals surface area contributed by atoms with Gasteiger partial charge in [-0.05, 0) is 26.2 Å².